The Bertz CT molecular complexity index is 130. The molecule has 0 aliphatic rings. The molecule has 12 heavy (non-hydrogen) atoms. The molecule has 1 atom stereocenters. The van der Waals surface area contributed by atoms with Crippen LogP contribution in [0.5, 0.6) is 0 Å². The topological polar surface area (TPSA) is 55.1 Å². The fourth-order valence-corrected chi connectivity index (χ4v) is 1.03. The lowest BCUT2D eigenvalue weighted by molar-refractivity contribution is -0.121. The van der Waals surface area contributed by atoms with Gasteiger partial charge in [-0.25, -0.2) is 0 Å². The molecule has 0 spiro atoms. The SMILES string of the molecule is [B]NCC(=O)[C@@H](C)CCCCN. The first-order chi connectivity index (χ1) is 5.72. The van der Waals surface area contributed by atoms with Gasteiger partial charge in [-0.1, -0.05) is 13.3 Å². The number of carbonyl (C=O) groups is 1. The molecular weight excluding hydrogens is 151 g/mol. The van der Waals surface area contributed by atoms with E-state index in [1.165, 1.54) is 0 Å². The van der Waals surface area contributed by atoms with Crippen LogP contribution in [0.1, 0.15) is 26.2 Å². The van der Waals surface area contributed by atoms with E-state index < -0.39 is 0 Å². The van der Waals surface area contributed by atoms with E-state index in [9.17, 15) is 4.79 Å². The molecule has 0 bridgehead atoms. The number of unbranched alkanes of at least 4 members (excludes halogenated alkanes) is 1. The Balaban J connectivity index is 3.42. The van der Waals surface area contributed by atoms with Crippen LogP contribution in [0.4, 0.5) is 0 Å². The molecule has 0 heterocycles. The summed E-state index contributed by atoms with van der Waals surface area (Å²) >= 11 is 0. The predicted molar refractivity (Wildman–Crippen MR) is 50.8 cm³/mol. The van der Waals surface area contributed by atoms with Crippen molar-refractivity contribution in [2.45, 2.75) is 26.2 Å². The fourth-order valence-electron chi connectivity index (χ4n) is 1.03. The molecule has 0 rings (SSSR count). The zero-order valence-electron chi connectivity index (χ0n) is 7.68. The Labute approximate surface area is 75.5 Å². The van der Waals surface area contributed by atoms with E-state index in [0.29, 0.717) is 6.54 Å². The van der Waals surface area contributed by atoms with Crippen molar-refractivity contribution >= 4 is 13.8 Å². The molecular formula is C8H17BN2O. The molecule has 0 aromatic rings. The van der Waals surface area contributed by atoms with Crippen LogP contribution in [0, 0.1) is 5.92 Å². The Hall–Kier alpha value is -0.345. The van der Waals surface area contributed by atoms with Crippen molar-refractivity contribution in [3.63, 3.8) is 0 Å². The third-order valence-corrected chi connectivity index (χ3v) is 1.92. The third-order valence-electron chi connectivity index (χ3n) is 1.92. The molecule has 4 heteroatoms. The smallest absolute Gasteiger partial charge is 0.178 e. The van der Waals surface area contributed by atoms with Crippen LogP contribution >= 0.6 is 0 Å². The number of rotatable bonds is 7. The zero-order valence-corrected chi connectivity index (χ0v) is 7.68. The second-order valence-corrected chi connectivity index (χ2v) is 3.03. The normalized spacial score (nSPS) is 12.8. The van der Waals surface area contributed by atoms with Crippen LogP contribution in [0.3, 0.4) is 0 Å². The van der Waals surface area contributed by atoms with E-state index in [1.54, 1.807) is 0 Å². The molecule has 0 fully saturated rings. The van der Waals surface area contributed by atoms with E-state index in [2.05, 4.69) is 5.23 Å². The maximum Gasteiger partial charge on any atom is 0.178 e. The summed E-state index contributed by atoms with van der Waals surface area (Å²) in [4.78, 5) is 11.2. The maximum absolute atomic E-state index is 11.2. The second-order valence-electron chi connectivity index (χ2n) is 3.03. The van der Waals surface area contributed by atoms with Crippen LogP contribution in [-0.4, -0.2) is 26.9 Å². The van der Waals surface area contributed by atoms with Crippen molar-refractivity contribution in [3.05, 3.63) is 0 Å². The van der Waals surface area contributed by atoms with E-state index in [-0.39, 0.29) is 18.2 Å². The van der Waals surface area contributed by atoms with E-state index >= 15 is 0 Å². The highest BCUT2D eigenvalue weighted by Crippen LogP contribution is 2.07. The molecule has 0 aliphatic carbocycles. The quantitative estimate of drug-likeness (QED) is 0.415. The van der Waals surface area contributed by atoms with Crippen molar-refractivity contribution < 1.29 is 4.79 Å². The molecule has 0 saturated heterocycles. The van der Waals surface area contributed by atoms with Gasteiger partial charge < -0.3 is 11.0 Å². The van der Waals surface area contributed by atoms with Gasteiger partial charge in [0, 0.05) is 12.5 Å². The van der Waals surface area contributed by atoms with Crippen molar-refractivity contribution in [2.24, 2.45) is 11.7 Å². The number of Topliss-reactive ketones (excluding diaryl/α,β-unsaturated/α-hetero) is 1. The number of nitrogens with two attached hydrogens (primary N) is 1. The van der Waals surface area contributed by atoms with Gasteiger partial charge in [-0.2, -0.15) is 0 Å². The first-order valence-electron chi connectivity index (χ1n) is 4.38. The van der Waals surface area contributed by atoms with Crippen molar-refractivity contribution in [3.8, 4) is 0 Å². The third kappa shape index (κ3) is 5.32. The fraction of sp³-hybridized carbons (Fsp3) is 0.875. The molecule has 2 radical (unpaired) electrons. The van der Waals surface area contributed by atoms with Crippen LogP contribution in [-0.2, 0) is 4.79 Å². The second kappa shape index (κ2) is 7.31. The van der Waals surface area contributed by atoms with Gasteiger partial charge in [-0.15, -0.1) is 0 Å². The summed E-state index contributed by atoms with van der Waals surface area (Å²) in [5.74, 6) is 0.280. The standard InChI is InChI=1S/C8H17BN2O/c1-7(4-2-3-5-10)8(12)6-11-9/h7,11H,2-6,10H2,1H3/t7-/m0/s1. The minimum atomic E-state index is 0.104. The molecule has 0 saturated carbocycles. The Morgan fingerprint density at radius 1 is 1.58 bits per heavy atom. The van der Waals surface area contributed by atoms with Gasteiger partial charge >= 0.3 is 0 Å². The first-order valence-corrected chi connectivity index (χ1v) is 4.38. The van der Waals surface area contributed by atoms with Gasteiger partial charge in [0.2, 0.25) is 0 Å². The molecule has 68 valence electrons. The number of ketones is 1. The highest BCUT2D eigenvalue weighted by atomic mass is 16.1. The average Bonchev–Trinajstić information content (AvgIpc) is 2.05. The molecule has 0 unspecified atom stereocenters. The summed E-state index contributed by atoms with van der Waals surface area (Å²) in [6, 6.07) is 0. The van der Waals surface area contributed by atoms with Gasteiger partial charge in [0.25, 0.3) is 0 Å². The zero-order chi connectivity index (χ0) is 9.40. The Morgan fingerprint density at radius 3 is 2.75 bits per heavy atom. The van der Waals surface area contributed by atoms with E-state index in [1.807, 2.05) is 6.92 Å². The highest BCUT2D eigenvalue weighted by molar-refractivity contribution is 6.06. The van der Waals surface area contributed by atoms with Crippen LogP contribution in [0.2, 0.25) is 0 Å². The Kier molecular flexibility index (Phi) is 7.10. The molecule has 0 aliphatic heterocycles. The lowest BCUT2D eigenvalue weighted by Gasteiger charge is -2.08. The lowest BCUT2D eigenvalue weighted by atomic mass is 9.99. The van der Waals surface area contributed by atoms with Gasteiger partial charge in [0.15, 0.2) is 7.98 Å². The van der Waals surface area contributed by atoms with Gasteiger partial charge in [0.1, 0.15) is 5.78 Å². The van der Waals surface area contributed by atoms with E-state index in [4.69, 9.17) is 13.7 Å². The highest BCUT2D eigenvalue weighted by Gasteiger charge is 2.10. The summed E-state index contributed by atoms with van der Waals surface area (Å²) < 4.78 is 0. The van der Waals surface area contributed by atoms with Crippen LogP contribution in [0.25, 0.3) is 0 Å². The minimum Gasteiger partial charge on any atom is -0.360 e. The lowest BCUT2D eigenvalue weighted by Crippen LogP contribution is -2.25. The number of nitrogens with one attached hydrogen (secondary N) is 1. The number of hydrogen-bond donors (Lipinski definition) is 2. The van der Waals surface area contributed by atoms with Gasteiger partial charge in [-0.3, -0.25) is 4.79 Å². The largest absolute Gasteiger partial charge is 0.360 e. The van der Waals surface area contributed by atoms with Gasteiger partial charge in [0.05, 0.1) is 0 Å². The number of hydrogen-bond acceptors (Lipinski definition) is 3. The summed E-state index contributed by atoms with van der Waals surface area (Å²) in [6.07, 6.45) is 2.93. The molecule has 0 aromatic heterocycles. The summed E-state index contributed by atoms with van der Waals surface area (Å²) in [5.41, 5.74) is 5.33. The number of carbonyl (C=O) groups excluding carboxylic acids is 1. The van der Waals surface area contributed by atoms with E-state index in [0.717, 1.165) is 19.3 Å². The molecule has 0 amide bonds. The van der Waals surface area contributed by atoms with Crippen molar-refractivity contribution in [2.75, 3.05) is 13.1 Å². The van der Waals surface area contributed by atoms with Crippen molar-refractivity contribution in [1.29, 1.82) is 0 Å². The van der Waals surface area contributed by atoms with Crippen molar-refractivity contribution in [1.82, 2.24) is 5.23 Å². The molecule has 3 N–H and O–H groups in total. The van der Waals surface area contributed by atoms with Gasteiger partial charge in [-0.05, 0) is 19.4 Å². The summed E-state index contributed by atoms with van der Waals surface area (Å²) in [7, 11) is 5.03. The monoisotopic (exact) mass is 168 g/mol. The maximum atomic E-state index is 11.2. The molecule has 3 nitrogen and oxygen atoms in total. The average molecular weight is 168 g/mol. The van der Waals surface area contributed by atoms with Crippen LogP contribution in [0.15, 0.2) is 0 Å². The summed E-state index contributed by atoms with van der Waals surface area (Å²) in [5, 5.41) is 2.36. The summed E-state index contributed by atoms with van der Waals surface area (Å²) in [6.45, 7) is 2.90. The minimum absolute atomic E-state index is 0.104. The molecule has 0 aromatic carbocycles. The van der Waals surface area contributed by atoms with Crippen LogP contribution < -0.4 is 11.0 Å². The first kappa shape index (κ1) is 11.7. The predicted octanol–water partition coefficient (Wildman–Crippen LogP) is -0.00630. The Morgan fingerprint density at radius 2 is 2.25 bits per heavy atom.